The van der Waals surface area contributed by atoms with Crippen LogP contribution in [-0.2, 0) is 0 Å². The van der Waals surface area contributed by atoms with E-state index in [1.807, 2.05) is 0 Å². The molecule has 4 N–H and O–H groups in total. The van der Waals surface area contributed by atoms with Gasteiger partial charge in [0.1, 0.15) is 23.0 Å². The van der Waals surface area contributed by atoms with Crippen molar-refractivity contribution in [1.82, 2.24) is 14.8 Å². The molecule has 3 heterocycles. The molecule has 0 spiro atoms. The van der Waals surface area contributed by atoms with Crippen molar-refractivity contribution in [2.24, 2.45) is 5.73 Å². The van der Waals surface area contributed by atoms with E-state index in [0.29, 0.717) is 28.4 Å². The molecule has 3 aromatic rings. The SMILES string of the molecule is NC1CCN(CCN2CCCCCC2)CC1.O=C(O)c1cc2c(Oc3cccc(F)c3)cccc2[nH]1. The predicted molar refractivity (Wildman–Crippen MR) is 140 cm³/mol. The molecule has 2 fully saturated rings. The molecule has 0 atom stereocenters. The number of fused-ring (bicyclic) bond motifs is 1. The van der Waals surface area contributed by atoms with Crippen LogP contribution in [0.2, 0.25) is 0 Å². The van der Waals surface area contributed by atoms with E-state index >= 15 is 0 Å². The molecule has 0 bridgehead atoms. The van der Waals surface area contributed by atoms with E-state index in [1.54, 1.807) is 30.3 Å². The fourth-order valence-corrected chi connectivity index (χ4v) is 4.81. The Kier molecular flexibility index (Phi) is 9.33. The van der Waals surface area contributed by atoms with Gasteiger partial charge in [-0.2, -0.15) is 0 Å². The Morgan fingerprint density at radius 1 is 0.972 bits per heavy atom. The number of hydrogen-bond donors (Lipinski definition) is 3. The Hall–Kier alpha value is -2.94. The van der Waals surface area contributed by atoms with Crippen molar-refractivity contribution in [2.45, 2.75) is 44.6 Å². The van der Waals surface area contributed by atoms with Crippen LogP contribution >= 0.6 is 0 Å². The third-order valence-electron chi connectivity index (χ3n) is 6.94. The Balaban J connectivity index is 0.000000174. The molecule has 2 saturated heterocycles. The number of piperidine rings is 1. The summed E-state index contributed by atoms with van der Waals surface area (Å²) in [5, 5.41) is 9.61. The lowest BCUT2D eigenvalue weighted by Crippen LogP contribution is -2.43. The molecule has 1 aromatic heterocycles. The van der Waals surface area contributed by atoms with Crippen LogP contribution in [0.4, 0.5) is 4.39 Å². The molecule has 0 saturated carbocycles. The second-order valence-electron chi connectivity index (χ2n) is 9.70. The first kappa shape index (κ1) is 26.1. The van der Waals surface area contributed by atoms with E-state index in [2.05, 4.69) is 14.8 Å². The van der Waals surface area contributed by atoms with E-state index in [1.165, 1.54) is 96.0 Å². The highest BCUT2D eigenvalue weighted by atomic mass is 19.1. The van der Waals surface area contributed by atoms with Crippen LogP contribution in [-0.4, -0.2) is 71.2 Å². The predicted octanol–water partition coefficient (Wildman–Crippen LogP) is 5.08. The maximum absolute atomic E-state index is 13.1. The van der Waals surface area contributed by atoms with Crippen LogP contribution in [0, 0.1) is 5.82 Å². The summed E-state index contributed by atoms with van der Waals surface area (Å²) in [7, 11) is 0. The van der Waals surface area contributed by atoms with Crippen molar-refractivity contribution in [3.05, 3.63) is 60.0 Å². The first-order chi connectivity index (χ1) is 17.5. The van der Waals surface area contributed by atoms with E-state index < -0.39 is 11.8 Å². The average Bonchev–Trinajstić information content (AvgIpc) is 3.15. The van der Waals surface area contributed by atoms with Gasteiger partial charge in [0.25, 0.3) is 0 Å². The van der Waals surface area contributed by atoms with Crippen LogP contribution in [0.15, 0.2) is 48.5 Å². The summed E-state index contributed by atoms with van der Waals surface area (Å²) in [4.78, 5) is 19.0. The largest absolute Gasteiger partial charge is 0.477 e. The molecule has 194 valence electrons. The van der Waals surface area contributed by atoms with Gasteiger partial charge in [-0.1, -0.05) is 25.0 Å². The monoisotopic (exact) mass is 496 g/mol. The van der Waals surface area contributed by atoms with Crippen LogP contribution in [0.1, 0.15) is 49.0 Å². The summed E-state index contributed by atoms with van der Waals surface area (Å²) < 4.78 is 18.7. The number of carbonyl (C=O) groups is 1. The van der Waals surface area contributed by atoms with Gasteiger partial charge >= 0.3 is 5.97 Å². The summed E-state index contributed by atoms with van der Waals surface area (Å²) in [6.45, 7) is 7.62. The van der Waals surface area contributed by atoms with Gasteiger partial charge in [0.2, 0.25) is 0 Å². The quantitative estimate of drug-likeness (QED) is 0.440. The number of carboxylic acids is 1. The highest BCUT2D eigenvalue weighted by molar-refractivity contribution is 5.96. The standard InChI is InChI=1S/C15H10FNO3.C13H27N3/c16-9-3-1-4-10(7-9)20-14-6-2-5-12-11(14)8-13(17-12)15(18)19;14-13-5-9-16(10-6-13)12-11-15-7-3-1-2-4-8-15/h1-8,17H,(H,18,19);13H,1-12,14H2. The topological polar surface area (TPSA) is 94.8 Å². The molecule has 2 aromatic carbocycles. The minimum Gasteiger partial charge on any atom is -0.477 e. The van der Waals surface area contributed by atoms with E-state index in [4.69, 9.17) is 15.6 Å². The normalized spacial score (nSPS) is 17.8. The minimum absolute atomic E-state index is 0.0790. The summed E-state index contributed by atoms with van der Waals surface area (Å²) in [6.07, 6.45) is 8.08. The number of aromatic nitrogens is 1. The number of nitrogens with zero attached hydrogens (tertiary/aromatic N) is 2. The number of ether oxygens (including phenoxy) is 1. The number of aromatic carboxylic acids is 1. The van der Waals surface area contributed by atoms with Gasteiger partial charge < -0.3 is 30.4 Å². The molecule has 0 radical (unpaired) electrons. The van der Waals surface area contributed by atoms with Gasteiger partial charge in [0.05, 0.1) is 0 Å². The van der Waals surface area contributed by atoms with Crippen LogP contribution in [0.5, 0.6) is 11.5 Å². The minimum atomic E-state index is -1.04. The third kappa shape index (κ3) is 7.53. The number of nitrogens with one attached hydrogen (secondary N) is 1. The van der Waals surface area contributed by atoms with Gasteiger partial charge in [-0.25, -0.2) is 9.18 Å². The van der Waals surface area contributed by atoms with Crippen molar-refractivity contribution < 1.29 is 19.0 Å². The summed E-state index contributed by atoms with van der Waals surface area (Å²) >= 11 is 0. The Labute approximate surface area is 212 Å². The Morgan fingerprint density at radius 2 is 1.64 bits per heavy atom. The number of H-pyrrole nitrogens is 1. The second-order valence-corrected chi connectivity index (χ2v) is 9.70. The molecule has 36 heavy (non-hydrogen) atoms. The highest BCUT2D eigenvalue weighted by Gasteiger charge is 2.17. The molecule has 0 amide bonds. The number of halogens is 1. The van der Waals surface area contributed by atoms with Crippen molar-refractivity contribution in [2.75, 3.05) is 39.3 Å². The lowest BCUT2D eigenvalue weighted by molar-refractivity contribution is 0.0691. The summed E-state index contributed by atoms with van der Waals surface area (Å²) in [5.74, 6) is -0.611. The highest BCUT2D eigenvalue weighted by Crippen LogP contribution is 2.30. The molecule has 7 nitrogen and oxygen atoms in total. The zero-order chi connectivity index (χ0) is 25.3. The van der Waals surface area contributed by atoms with E-state index in [-0.39, 0.29) is 5.69 Å². The fraction of sp³-hybridized carbons (Fsp3) is 0.464. The lowest BCUT2D eigenvalue weighted by Gasteiger charge is -2.32. The summed E-state index contributed by atoms with van der Waals surface area (Å²) in [5.41, 5.74) is 6.65. The van der Waals surface area contributed by atoms with Gasteiger partial charge in [-0.05, 0) is 82.2 Å². The van der Waals surface area contributed by atoms with E-state index in [9.17, 15) is 9.18 Å². The zero-order valence-electron chi connectivity index (χ0n) is 20.8. The number of rotatable bonds is 6. The molecule has 2 aliphatic heterocycles. The number of benzene rings is 2. The maximum atomic E-state index is 13.1. The number of aromatic amines is 1. The van der Waals surface area contributed by atoms with Gasteiger partial charge in [-0.15, -0.1) is 0 Å². The molecular weight excluding hydrogens is 459 g/mol. The van der Waals surface area contributed by atoms with Crippen molar-refractivity contribution >= 4 is 16.9 Å². The van der Waals surface area contributed by atoms with Gasteiger partial charge in [0.15, 0.2) is 0 Å². The smallest absolute Gasteiger partial charge is 0.352 e. The molecule has 0 aliphatic carbocycles. The Bertz CT molecular complexity index is 1120. The van der Waals surface area contributed by atoms with Crippen molar-refractivity contribution in [3.63, 3.8) is 0 Å². The van der Waals surface area contributed by atoms with Crippen molar-refractivity contribution in [3.8, 4) is 11.5 Å². The number of carboxylic acid groups (broad SMARTS) is 1. The molecule has 5 rings (SSSR count). The molecule has 8 heteroatoms. The van der Waals surface area contributed by atoms with Crippen LogP contribution in [0.3, 0.4) is 0 Å². The Morgan fingerprint density at radius 3 is 2.31 bits per heavy atom. The summed E-state index contributed by atoms with van der Waals surface area (Å²) in [6, 6.07) is 12.9. The fourth-order valence-electron chi connectivity index (χ4n) is 4.81. The lowest BCUT2D eigenvalue weighted by atomic mass is 10.1. The average molecular weight is 497 g/mol. The first-order valence-corrected chi connectivity index (χ1v) is 13.0. The first-order valence-electron chi connectivity index (χ1n) is 13.0. The number of nitrogens with two attached hydrogens (primary N) is 1. The van der Waals surface area contributed by atoms with Crippen LogP contribution in [0.25, 0.3) is 10.9 Å². The zero-order valence-corrected chi connectivity index (χ0v) is 20.8. The van der Waals surface area contributed by atoms with E-state index in [0.717, 1.165) is 0 Å². The number of likely N-dealkylation sites (tertiary alicyclic amines) is 2. The second kappa shape index (κ2) is 12.9. The maximum Gasteiger partial charge on any atom is 0.352 e. The third-order valence-corrected chi connectivity index (χ3v) is 6.94. The van der Waals surface area contributed by atoms with Crippen LogP contribution < -0.4 is 10.5 Å². The van der Waals surface area contributed by atoms with Gasteiger partial charge in [0, 0.05) is 36.1 Å². The molecular formula is C28H37FN4O3. The number of hydrogen-bond acceptors (Lipinski definition) is 5. The molecule has 2 aliphatic rings. The van der Waals surface area contributed by atoms with Gasteiger partial charge in [-0.3, -0.25) is 0 Å². The van der Waals surface area contributed by atoms with Crippen molar-refractivity contribution in [1.29, 1.82) is 0 Å². The molecule has 0 unspecified atom stereocenters.